The fourth-order valence-electron chi connectivity index (χ4n) is 2.72. The van der Waals surface area contributed by atoms with Gasteiger partial charge in [0.05, 0.1) is 18.4 Å². The molecule has 1 N–H and O–H groups in total. The molecule has 0 unspecified atom stereocenters. The highest BCUT2D eigenvalue weighted by atomic mass is 16.5. The molecule has 0 radical (unpaired) electrons. The lowest BCUT2D eigenvalue weighted by Crippen LogP contribution is -2.47. The van der Waals surface area contributed by atoms with Gasteiger partial charge in [0.15, 0.2) is 0 Å². The number of hydrogen-bond acceptors (Lipinski definition) is 4. The molecule has 0 bridgehead atoms. The van der Waals surface area contributed by atoms with Crippen molar-refractivity contribution in [3.8, 4) is 0 Å². The molecular formula is C13H19N3O. The van der Waals surface area contributed by atoms with Gasteiger partial charge in [-0.15, -0.1) is 0 Å². The zero-order valence-electron chi connectivity index (χ0n) is 10.0. The summed E-state index contributed by atoms with van der Waals surface area (Å²) in [6.07, 6.45) is 3.35. The summed E-state index contributed by atoms with van der Waals surface area (Å²) in [6, 6.07) is 6.64. The van der Waals surface area contributed by atoms with Gasteiger partial charge in [-0.2, -0.15) is 0 Å². The van der Waals surface area contributed by atoms with E-state index in [1.54, 1.807) is 0 Å². The maximum atomic E-state index is 5.95. The topological polar surface area (TPSA) is 37.4 Å². The molecule has 17 heavy (non-hydrogen) atoms. The van der Waals surface area contributed by atoms with Crippen LogP contribution in [0.5, 0.6) is 0 Å². The van der Waals surface area contributed by atoms with Crippen LogP contribution in [0.4, 0.5) is 0 Å². The molecule has 1 aromatic heterocycles. The molecule has 0 aliphatic carbocycles. The van der Waals surface area contributed by atoms with Gasteiger partial charge in [0.25, 0.3) is 0 Å². The average molecular weight is 233 g/mol. The number of nitrogens with one attached hydrogen (secondary N) is 1. The number of hydrogen-bond donors (Lipinski definition) is 1. The third-order valence-corrected chi connectivity index (χ3v) is 3.64. The first kappa shape index (κ1) is 11.1. The van der Waals surface area contributed by atoms with Gasteiger partial charge in [-0.1, -0.05) is 6.07 Å². The predicted octanol–water partition coefficient (Wildman–Crippen LogP) is 0.644. The van der Waals surface area contributed by atoms with Crippen molar-refractivity contribution in [3.05, 3.63) is 30.1 Å². The van der Waals surface area contributed by atoms with Crippen molar-refractivity contribution in [2.24, 2.45) is 0 Å². The van der Waals surface area contributed by atoms with E-state index >= 15 is 0 Å². The third-order valence-electron chi connectivity index (χ3n) is 3.64. The molecule has 0 amide bonds. The average Bonchev–Trinajstić information content (AvgIpc) is 2.80. The lowest BCUT2D eigenvalue weighted by atomic mass is 10.2. The first-order chi connectivity index (χ1) is 8.42. The van der Waals surface area contributed by atoms with Crippen molar-refractivity contribution in [3.63, 3.8) is 0 Å². The van der Waals surface area contributed by atoms with Gasteiger partial charge in [-0.05, 0) is 18.6 Å². The van der Waals surface area contributed by atoms with Gasteiger partial charge < -0.3 is 10.1 Å². The number of pyridine rings is 1. The molecule has 3 rings (SSSR count). The van der Waals surface area contributed by atoms with E-state index in [4.69, 9.17) is 4.74 Å². The monoisotopic (exact) mass is 233 g/mol. The fraction of sp³-hybridized carbons (Fsp3) is 0.615. The zero-order chi connectivity index (χ0) is 11.5. The minimum absolute atomic E-state index is 0.377. The minimum atomic E-state index is 0.377. The molecule has 4 nitrogen and oxygen atoms in total. The van der Waals surface area contributed by atoms with Crippen molar-refractivity contribution in [2.75, 3.05) is 26.2 Å². The summed E-state index contributed by atoms with van der Waals surface area (Å²) in [7, 11) is 0. The summed E-state index contributed by atoms with van der Waals surface area (Å²) in [4.78, 5) is 6.82. The molecule has 0 saturated carbocycles. The van der Waals surface area contributed by atoms with Gasteiger partial charge in [0.1, 0.15) is 0 Å². The van der Waals surface area contributed by atoms with E-state index in [0.717, 1.165) is 38.3 Å². The molecule has 2 atom stereocenters. The van der Waals surface area contributed by atoms with Gasteiger partial charge in [0, 0.05) is 38.4 Å². The normalized spacial score (nSPS) is 29.2. The number of rotatable bonds is 3. The van der Waals surface area contributed by atoms with Crippen LogP contribution in [0.15, 0.2) is 24.4 Å². The lowest BCUT2D eigenvalue weighted by Gasteiger charge is -2.29. The van der Waals surface area contributed by atoms with Crippen LogP contribution in [0.2, 0.25) is 0 Å². The highest BCUT2D eigenvalue weighted by Gasteiger charge is 2.33. The fourth-order valence-corrected chi connectivity index (χ4v) is 2.72. The second kappa shape index (κ2) is 5.12. The number of fused-ring (bicyclic) bond motifs is 1. The van der Waals surface area contributed by atoms with E-state index in [0.29, 0.717) is 18.8 Å². The van der Waals surface area contributed by atoms with Crippen LogP contribution in [0.25, 0.3) is 0 Å². The molecule has 3 heterocycles. The Morgan fingerprint density at radius 2 is 2.47 bits per heavy atom. The van der Waals surface area contributed by atoms with Crippen LogP contribution in [0, 0.1) is 0 Å². The van der Waals surface area contributed by atoms with Crippen LogP contribution in [0.1, 0.15) is 12.1 Å². The molecule has 0 aromatic carbocycles. The van der Waals surface area contributed by atoms with Crippen LogP contribution in [-0.2, 0) is 11.3 Å². The molecule has 2 aliphatic rings. The second-order valence-corrected chi connectivity index (χ2v) is 4.84. The van der Waals surface area contributed by atoms with E-state index in [1.165, 1.54) is 0 Å². The van der Waals surface area contributed by atoms with E-state index in [1.807, 2.05) is 24.4 Å². The van der Waals surface area contributed by atoms with Gasteiger partial charge in [0.2, 0.25) is 0 Å². The standard InChI is InChI=1S/C13H19N3O/c1-2-4-15-11(3-1)10-17-13-7-12-8-14-5-6-16(12)9-13/h1-4,12-14H,5-10H2/t12-,13+/m0/s1. The van der Waals surface area contributed by atoms with Crippen molar-refractivity contribution in [1.29, 1.82) is 0 Å². The SMILES string of the molecule is c1ccc(CO[C@@H]2C[C@H]3CNCCN3C2)nc1. The first-order valence-electron chi connectivity index (χ1n) is 6.38. The van der Waals surface area contributed by atoms with Crippen LogP contribution < -0.4 is 5.32 Å². The van der Waals surface area contributed by atoms with Crippen LogP contribution in [-0.4, -0.2) is 48.2 Å². The summed E-state index contributed by atoms with van der Waals surface area (Å²) in [5, 5.41) is 3.44. The molecule has 1 aromatic rings. The zero-order valence-corrected chi connectivity index (χ0v) is 10.0. The Morgan fingerprint density at radius 1 is 1.47 bits per heavy atom. The van der Waals surface area contributed by atoms with E-state index < -0.39 is 0 Å². The summed E-state index contributed by atoms with van der Waals surface area (Å²) in [6.45, 7) is 5.11. The first-order valence-corrected chi connectivity index (χ1v) is 6.38. The summed E-state index contributed by atoms with van der Waals surface area (Å²) in [5.41, 5.74) is 1.02. The largest absolute Gasteiger partial charge is 0.371 e. The number of aromatic nitrogens is 1. The predicted molar refractivity (Wildman–Crippen MR) is 65.7 cm³/mol. The Kier molecular flexibility index (Phi) is 3.36. The summed E-state index contributed by atoms with van der Waals surface area (Å²) in [5.74, 6) is 0. The maximum Gasteiger partial charge on any atom is 0.0892 e. The van der Waals surface area contributed by atoms with E-state index in [2.05, 4.69) is 15.2 Å². The molecule has 2 saturated heterocycles. The highest BCUT2D eigenvalue weighted by molar-refractivity contribution is 5.02. The Labute approximate surface area is 102 Å². The molecule has 4 heteroatoms. The number of piperazine rings is 1. The second-order valence-electron chi connectivity index (χ2n) is 4.84. The van der Waals surface area contributed by atoms with E-state index in [-0.39, 0.29) is 0 Å². The van der Waals surface area contributed by atoms with E-state index in [9.17, 15) is 0 Å². The molecule has 2 aliphatic heterocycles. The van der Waals surface area contributed by atoms with Gasteiger partial charge >= 0.3 is 0 Å². The minimum Gasteiger partial charge on any atom is -0.371 e. The van der Waals surface area contributed by atoms with Gasteiger partial charge in [-0.3, -0.25) is 9.88 Å². The molecule has 0 spiro atoms. The number of ether oxygens (including phenoxy) is 1. The lowest BCUT2D eigenvalue weighted by molar-refractivity contribution is 0.0450. The Hall–Kier alpha value is -0.970. The quantitative estimate of drug-likeness (QED) is 0.831. The molecule has 2 fully saturated rings. The Morgan fingerprint density at radius 3 is 3.29 bits per heavy atom. The highest BCUT2D eigenvalue weighted by Crippen LogP contribution is 2.21. The van der Waals surface area contributed by atoms with Crippen molar-refractivity contribution in [2.45, 2.75) is 25.2 Å². The van der Waals surface area contributed by atoms with Crippen LogP contribution >= 0.6 is 0 Å². The smallest absolute Gasteiger partial charge is 0.0892 e. The maximum absolute atomic E-state index is 5.95. The van der Waals surface area contributed by atoms with Gasteiger partial charge in [-0.25, -0.2) is 0 Å². The molecular weight excluding hydrogens is 214 g/mol. The number of nitrogens with zero attached hydrogens (tertiary/aromatic N) is 2. The summed E-state index contributed by atoms with van der Waals surface area (Å²) >= 11 is 0. The van der Waals surface area contributed by atoms with Crippen molar-refractivity contribution < 1.29 is 4.74 Å². The van der Waals surface area contributed by atoms with Crippen molar-refractivity contribution in [1.82, 2.24) is 15.2 Å². The Bertz CT molecular complexity index is 343. The molecule has 92 valence electrons. The summed E-state index contributed by atoms with van der Waals surface area (Å²) < 4.78 is 5.95. The Balaban J connectivity index is 1.50. The van der Waals surface area contributed by atoms with Crippen LogP contribution in [0.3, 0.4) is 0 Å². The van der Waals surface area contributed by atoms with Crippen molar-refractivity contribution >= 4 is 0 Å². The third kappa shape index (κ3) is 2.65.